The fourth-order valence-electron chi connectivity index (χ4n) is 5.19. The van der Waals surface area contributed by atoms with Gasteiger partial charge in [0.15, 0.2) is 0 Å². The summed E-state index contributed by atoms with van der Waals surface area (Å²) < 4.78 is 0. The highest BCUT2D eigenvalue weighted by Gasteiger charge is 2.26. The number of amidine groups is 1. The van der Waals surface area contributed by atoms with Crippen LogP contribution in [0.3, 0.4) is 0 Å². The highest BCUT2D eigenvalue weighted by molar-refractivity contribution is 6.05. The van der Waals surface area contributed by atoms with Crippen molar-refractivity contribution in [3.05, 3.63) is 119 Å². The lowest BCUT2D eigenvalue weighted by atomic mass is 9.86. The van der Waals surface area contributed by atoms with E-state index in [2.05, 4.69) is 117 Å². The standard InChI is InChI=1S/C34H38N2/c1-34(2,3)30-23-21-28(22-24-30)32-16-10-11-25-35-33(36(32)31-14-8-5-9-15-31)29-19-17-27(18-20-29)26-12-6-4-7-13-26/h4-8,12-14,16-17,20-24H,9-11,15,18-19,25H2,1-3H3. The molecule has 2 aromatic carbocycles. The average Bonchev–Trinajstić information content (AvgIpc) is 2.90. The molecule has 0 saturated carbocycles. The van der Waals surface area contributed by atoms with Gasteiger partial charge in [0.1, 0.15) is 5.84 Å². The first-order valence-corrected chi connectivity index (χ1v) is 13.5. The second kappa shape index (κ2) is 10.7. The first-order valence-electron chi connectivity index (χ1n) is 13.5. The Labute approximate surface area is 217 Å². The number of hydrogen-bond donors (Lipinski definition) is 0. The Morgan fingerprint density at radius 2 is 1.53 bits per heavy atom. The van der Waals surface area contributed by atoms with Crippen LogP contribution in [0.2, 0.25) is 0 Å². The van der Waals surface area contributed by atoms with Crippen molar-refractivity contribution >= 4 is 17.1 Å². The van der Waals surface area contributed by atoms with Gasteiger partial charge < -0.3 is 0 Å². The lowest BCUT2D eigenvalue weighted by Gasteiger charge is -2.35. The van der Waals surface area contributed by atoms with Crippen molar-refractivity contribution < 1.29 is 0 Å². The first kappa shape index (κ1) is 24.3. The maximum Gasteiger partial charge on any atom is 0.135 e. The average molecular weight is 475 g/mol. The van der Waals surface area contributed by atoms with Crippen molar-refractivity contribution in [3.8, 4) is 0 Å². The summed E-state index contributed by atoms with van der Waals surface area (Å²) in [5, 5.41) is 0. The molecule has 2 heteroatoms. The van der Waals surface area contributed by atoms with Crippen molar-refractivity contribution in [1.29, 1.82) is 0 Å². The molecule has 0 aromatic heterocycles. The number of allylic oxidation sites excluding steroid dienone is 8. The lowest BCUT2D eigenvalue weighted by molar-refractivity contribution is 0.590. The van der Waals surface area contributed by atoms with E-state index in [4.69, 9.17) is 4.99 Å². The van der Waals surface area contributed by atoms with Crippen LogP contribution in [0.15, 0.2) is 107 Å². The van der Waals surface area contributed by atoms with E-state index < -0.39 is 0 Å². The van der Waals surface area contributed by atoms with Gasteiger partial charge in [-0.2, -0.15) is 0 Å². The van der Waals surface area contributed by atoms with Gasteiger partial charge in [0.05, 0.1) is 5.70 Å². The molecule has 184 valence electrons. The fraction of sp³-hybridized carbons (Fsp3) is 0.324. The summed E-state index contributed by atoms with van der Waals surface area (Å²) in [5.41, 5.74) is 9.46. The maximum absolute atomic E-state index is 5.23. The van der Waals surface area contributed by atoms with Crippen molar-refractivity contribution in [2.24, 2.45) is 4.99 Å². The van der Waals surface area contributed by atoms with Crippen LogP contribution < -0.4 is 0 Å². The van der Waals surface area contributed by atoms with Crippen LogP contribution in [-0.2, 0) is 5.41 Å². The Hall–Kier alpha value is -3.39. The third kappa shape index (κ3) is 5.38. The molecule has 2 nitrogen and oxygen atoms in total. The largest absolute Gasteiger partial charge is 0.299 e. The molecule has 2 aliphatic carbocycles. The summed E-state index contributed by atoms with van der Waals surface area (Å²) in [5.74, 6) is 1.13. The fourth-order valence-corrected chi connectivity index (χ4v) is 5.19. The summed E-state index contributed by atoms with van der Waals surface area (Å²) >= 11 is 0. The van der Waals surface area contributed by atoms with Gasteiger partial charge >= 0.3 is 0 Å². The predicted octanol–water partition coefficient (Wildman–Crippen LogP) is 8.86. The predicted molar refractivity (Wildman–Crippen MR) is 155 cm³/mol. The zero-order valence-electron chi connectivity index (χ0n) is 22.0. The molecular weight excluding hydrogens is 436 g/mol. The van der Waals surface area contributed by atoms with Gasteiger partial charge in [-0.3, -0.25) is 9.89 Å². The number of aliphatic imine (C=N–C) groups is 1. The van der Waals surface area contributed by atoms with Gasteiger partial charge in [-0.1, -0.05) is 106 Å². The molecule has 0 amide bonds. The molecular formula is C34H38N2. The van der Waals surface area contributed by atoms with Gasteiger partial charge in [0, 0.05) is 12.2 Å². The van der Waals surface area contributed by atoms with Crippen LogP contribution >= 0.6 is 0 Å². The molecule has 0 spiro atoms. The second-order valence-corrected chi connectivity index (χ2v) is 11.0. The zero-order valence-corrected chi connectivity index (χ0v) is 22.0. The monoisotopic (exact) mass is 474 g/mol. The van der Waals surface area contributed by atoms with Gasteiger partial charge in [-0.25, -0.2) is 0 Å². The Bertz CT molecular complexity index is 1260. The van der Waals surface area contributed by atoms with Crippen LogP contribution in [0.25, 0.3) is 11.3 Å². The van der Waals surface area contributed by atoms with Crippen molar-refractivity contribution in [2.45, 2.75) is 64.7 Å². The maximum atomic E-state index is 5.23. The number of hydrogen-bond acceptors (Lipinski definition) is 2. The van der Waals surface area contributed by atoms with E-state index in [1.807, 2.05) is 0 Å². The Balaban J connectivity index is 1.52. The van der Waals surface area contributed by atoms with Gasteiger partial charge in [-0.15, -0.1) is 0 Å². The van der Waals surface area contributed by atoms with Crippen molar-refractivity contribution in [3.63, 3.8) is 0 Å². The normalized spacial score (nSPS) is 18.9. The van der Waals surface area contributed by atoms with E-state index in [1.54, 1.807) is 0 Å². The molecule has 3 aliphatic rings. The highest BCUT2D eigenvalue weighted by atomic mass is 15.2. The molecule has 2 aromatic rings. The van der Waals surface area contributed by atoms with Gasteiger partial charge in [-0.05, 0) is 77.9 Å². The minimum Gasteiger partial charge on any atom is -0.299 e. The summed E-state index contributed by atoms with van der Waals surface area (Å²) in [7, 11) is 0. The molecule has 0 unspecified atom stereocenters. The Morgan fingerprint density at radius 3 is 2.19 bits per heavy atom. The summed E-state index contributed by atoms with van der Waals surface area (Å²) in [6.07, 6.45) is 20.1. The first-order chi connectivity index (χ1) is 17.5. The third-order valence-corrected chi connectivity index (χ3v) is 7.31. The quantitative estimate of drug-likeness (QED) is 0.432. The molecule has 0 radical (unpaired) electrons. The minimum atomic E-state index is 0.145. The summed E-state index contributed by atoms with van der Waals surface area (Å²) in [6.45, 7) is 7.70. The third-order valence-electron chi connectivity index (χ3n) is 7.31. The Kier molecular flexibility index (Phi) is 7.23. The smallest absolute Gasteiger partial charge is 0.135 e. The summed E-state index contributed by atoms with van der Waals surface area (Å²) in [4.78, 5) is 7.71. The van der Waals surface area contributed by atoms with Crippen LogP contribution in [-0.4, -0.2) is 17.3 Å². The molecule has 5 rings (SSSR count). The molecule has 1 aliphatic heterocycles. The van der Waals surface area contributed by atoms with Crippen LogP contribution in [0.4, 0.5) is 0 Å². The van der Waals surface area contributed by atoms with Crippen LogP contribution in [0, 0.1) is 0 Å². The number of rotatable bonds is 4. The zero-order chi connectivity index (χ0) is 25.0. The Morgan fingerprint density at radius 1 is 0.778 bits per heavy atom. The second-order valence-electron chi connectivity index (χ2n) is 11.0. The molecule has 0 saturated heterocycles. The topological polar surface area (TPSA) is 15.6 Å². The van der Waals surface area contributed by atoms with E-state index in [-0.39, 0.29) is 5.41 Å². The number of nitrogens with zero attached hydrogens (tertiary/aromatic N) is 2. The SMILES string of the molecule is CC(C)(C)c1ccc(C2=CCCCN=C(C3=CCC(c4ccccc4)=CC3)N2C2=CC=CCC2)cc1. The van der Waals surface area contributed by atoms with Crippen LogP contribution in [0.5, 0.6) is 0 Å². The highest BCUT2D eigenvalue weighted by Crippen LogP contribution is 2.35. The van der Waals surface area contributed by atoms with E-state index in [0.29, 0.717) is 0 Å². The molecule has 36 heavy (non-hydrogen) atoms. The molecule has 0 bridgehead atoms. The van der Waals surface area contributed by atoms with Gasteiger partial charge in [0.25, 0.3) is 0 Å². The van der Waals surface area contributed by atoms with Crippen LogP contribution in [0.1, 0.15) is 76.0 Å². The van der Waals surface area contributed by atoms with E-state index >= 15 is 0 Å². The molecule has 0 atom stereocenters. The molecule has 0 fully saturated rings. The van der Waals surface area contributed by atoms with Crippen molar-refractivity contribution in [1.82, 2.24) is 4.90 Å². The minimum absolute atomic E-state index is 0.145. The van der Waals surface area contributed by atoms with Gasteiger partial charge in [0.2, 0.25) is 0 Å². The summed E-state index contributed by atoms with van der Waals surface area (Å²) in [6, 6.07) is 20.0. The molecule has 1 heterocycles. The number of benzene rings is 2. The molecule has 0 N–H and O–H groups in total. The van der Waals surface area contributed by atoms with E-state index in [9.17, 15) is 0 Å². The van der Waals surface area contributed by atoms with E-state index in [1.165, 1.54) is 39.2 Å². The lowest BCUT2D eigenvalue weighted by Crippen LogP contribution is -2.32. The van der Waals surface area contributed by atoms with Crippen molar-refractivity contribution in [2.75, 3.05) is 6.54 Å². The van der Waals surface area contributed by atoms with E-state index in [0.717, 1.165) is 50.9 Å².